The van der Waals surface area contributed by atoms with Gasteiger partial charge < -0.3 is 16.6 Å². The van der Waals surface area contributed by atoms with Crippen molar-refractivity contribution in [2.24, 2.45) is 17.4 Å². The largest absolute Gasteiger partial charge is 0.480 e. The van der Waals surface area contributed by atoms with Gasteiger partial charge in [0.05, 0.1) is 0 Å². The quantitative estimate of drug-likeness (QED) is 0.562. The molecular formula is C6H15ClN2O2. The average molecular weight is 183 g/mol. The van der Waals surface area contributed by atoms with Crippen LogP contribution in [0.5, 0.6) is 0 Å². The molecule has 0 rings (SSSR count). The molecule has 2 atom stereocenters. The Morgan fingerprint density at radius 3 is 2.36 bits per heavy atom. The second-order valence-corrected chi connectivity index (χ2v) is 2.42. The third kappa shape index (κ3) is 5.01. The lowest BCUT2D eigenvalue weighted by Gasteiger charge is -2.13. The van der Waals surface area contributed by atoms with Crippen molar-refractivity contribution in [3.63, 3.8) is 0 Å². The van der Waals surface area contributed by atoms with E-state index in [2.05, 4.69) is 0 Å². The topological polar surface area (TPSA) is 89.3 Å². The molecule has 0 aromatic rings. The molecule has 5 N–H and O–H groups in total. The Kier molecular flexibility index (Phi) is 7.72. The Hall–Kier alpha value is -0.320. The summed E-state index contributed by atoms with van der Waals surface area (Å²) in [6, 6.07) is -0.774. The minimum atomic E-state index is -0.957. The highest BCUT2D eigenvalue weighted by Crippen LogP contribution is 2.04. The molecule has 0 fully saturated rings. The number of aliphatic carboxylic acids is 1. The van der Waals surface area contributed by atoms with Gasteiger partial charge in [-0.3, -0.25) is 4.79 Å². The van der Waals surface area contributed by atoms with E-state index in [1.54, 1.807) is 6.92 Å². The molecule has 4 nitrogen and oxygen atoms in total. The van der Waals surface area contributed by atoms with Crippen molar-refractivity contribution in [3.05, 3.63) is 0 Å². The summed E-state index contributed by atoms with van der Waals surface area (Å²) < 4.78 is 0. The zero-order valence-corrected chi connectivity index (χ0v) is 7.30. The average Bonchev–Trinajstić information content (AvgIpc) is 1.87. The second-order valence-electron chi connectivity index (χ2n) is 2.42. The van der Waals surface area contributed by atoms with Gasteiger partial charge in [0.15, 0.2) is 0 Å². The van der Waals surface area contributed by atoms with Gasteiger partial charge in [0.2, 0.25) is 0 Å². The van der Waals surface area contributed by atoms with Gasteiger partial charge in [-0.05, 0) is 18.9 Å². The van der Waals surface area contributed by atoms with Gasteiger partial charge >= 0.3 is 5.97 Å². The van der Waals surface area contributed by atoms with E-state index in [-0.39, 0.29) is 18.3 Å². The summed E-state index contributed by atoms with van der Waals surface area (Å²) >= 11 is 0. The lowest BCUT2D eigenvalue weighted by molar-refractivity contribution is -0.139. The third-order valence-corrected chi connectivity index (χ3v) is 1.52. The molecule has 0 saturated heterocycles. The van der Waals surface area contributed by atoms with Crippen molar-refractivity contribution in [1.82, 2.24) is 0 Å². The van der Waals surface area contributed by atoms with Crippen molar-refractivity contribution in [2.45, 2.75) is 19.4 Å². The van der Waals surface area contributed by atoms with E-state index in [1.165, 1.54) is 0 Å². The van der Waals surface area contributed by atoms with Gasteiger partial charge in [0.25, 0.3) is 0 Å². The summed E-state index contributed by atoms with van der Waals surface area (Å²) in [6.45, 7) is 2.27. The molecule has 2 unspecified atom stereocenters. The first-order valence-corrected chi connectivity index (χ1v) is 3.28. The molecule has 0 saturated carbocycles. The minimum Gasteiger partial charge on any atom is -0.480 e. The number of hydrogen-bond acceptors (Lipinski definition) is 3. The first-order valence-electron chi connectivity index (χ1n) is 3.28. The summed E-state index contributed by atoms with van der Waals surface area (Å²) in [5.74, 6) is -0.997. The van der Waals surface area contributed by atoms with Gasteiger partial charge in [-0.15, -0.1) is 12.4 Å². The van der Waals surface area contributed by atoms with Gasteiger partial charge in [-0.2, -0.15) is 0 Å². The van der Waals surface area contributed by atoms with E-state index in [0.717, 1.165) is 0 Å². The van der Waals surface area contributed by atoms with E-state index in [4.69, 9.17) is 16.6 Å². The fourth-order valence-electron chi connectivity index (χ4n) is 0.686. The first-order chi connectivity index (χ1) is 4.59. The molecule has 0 radical (unpaired) electrons. The maximum Gasteiger partial charge on any atom is 0.320 e. The van der Waals surface area contributed by atoms with Crippen LogP contribution >= 0.6 is 12.4 Å². The summed E-state index contributed by atoms with van der Waals surface area (Å²) in [5, 5.41) is 8.41. The number of carbonyl (C=O) groups is 1. The van der Waals surface area contributed by atoms with Gasteiger partial charge in [0.1, 0.15) is 6.04 Å². The van der Waals surface area contributed by atoms with Crippen LogP contribution in [0.4, 0.5) is 0 Å². The number of rotatable bonds is 4. The van der Waals surface area contributed by atoms with Crippen LogP contribution in [0.1, 0.15) is 13.3 Å². The van der Waals surface area contributed by atoms with Crippen LogP contribution in [0.25, 0.3) is 0 Å². The Bertz CT molecular complexity index is 121. The molecule has 0 amide bonds. The molecule has 0 heterocycles. The van der Waals surface area contributed by atoms with Crippen LogP contribution < -0.4 is 11.5 Å². The zero-order chi connectivity index (χ0) is 8.15. The van der Waals surface area contributed by atoms with Crippen molar-refractivity contribution >= 4 is 18.4 Å². The van der Waals surface area contributed by atoms with Crippen molar-refractivity contribution < 1.29 is 9.90 Å². The second kappa shape index (κ2) is 6.39. The maximum absolute atomic E-state index is 10.2. The fourth-order valence-corrected chi connectivity index (χ4v) is 0.686. The lowest BCUT2D eigenvalue weighted by Crippen LogP contribution is -2.37. The van der Waals surface area contributed by atoms with E-state index in [9.17, 15) is 4.79 Å². The highest BCUT2D eigenvalue weighted by molar-refractivity contribution is 5.85. The smallest absolute Gasteiger partial charge is 0.320 e. The highest BCUT2D eigenvalue weighted by atomic mass is 35.5. The molecule has 5 heteroatoms. The number of halogens is 1. The first kappa shape index (κ1) is 13.3. The number of nitrogens with two attached hydrogens (primary N) is 2. The van der Waals surface area contributed by atoms with E-state index in [1.807, 2.05) is 0 Å². The standard InChI is InChI=1S/C6H14N2O2.ClH/c1-4(2-3-7)5(8)6(9)10;/h4-5H,2-3,7-8H2,1H3,(H,9,10);1H. The Morgan fingerprint density at radius 1 is 1.64 bits per heavy atom. The Morgan fingerprint density at radius 2 is 2.09 bits per heavy atom. The van der Waals surface area contributed by atoms with Crippen LogP contribution in [0, 0.1) is 5.92 Å². The highest BCUT2D eigenvalue weighted by Gasteiger charge is 2.18. The van der Waals surface area contributed by atoms with Crippen LogP contribution in [-0.2, 0) is 4.79 Å². The van der Waals surface area contributed by atoms with Gasteiger partial charge in [-0.25, -0.2) is 0 Å². The fraction of sp³-hybridized carbons (Fsp3) is 0.833. The van der Waals surface area contributed by atoms with E-state index >= 15 is 0 Å². The number of carboxylic acid groups (broad SMARTS) is 1. The zero-order valence-electron chi connectivity index (χ0n) is 6.49. The normalized spacial score (nSPS) is 14.8. The lowest BCUT2D eigenvalue weighted by atomic mass is 10.00. The SMILES string of the molecule is CC(CCN)C(N)C(=O)O.Cl. The Balaban J connectivity index is 0. The van der Waals surface area contributed by atoms with Gasteiger partial charge in [0, 0.05) is 0 Å². The summed E-state index contributed by atoms with van der Waals surface area (Å²) in [7, 11) is 0. The van der Waals surface area contributed by atoms with Crippen molar-refractivity contribution in [2.75, 3.05) is 6.54 Å². The van der Waals surface area contributed by atoms with E-state index in [0.29, 0.717) is 13.0 Å². The van der Waals surface area contributed by atoms with Crippen LogP contribution in [-0.4, -0.2) is 23.7 Å². The monoisotopic (exact) mass is 182 g/mol. The molecular weight excluding hydrogens is 168 g/mol. The third-order valence-electron chi connectivity index (χ3n) is 1.52. The summed E-state index contributed by atoms with van der Waals surface area (Å²) in [6.07, 6.45) is 0.660. The van der Waals surface area contributed by atoms with Gasteiger partial charge in [-0.1, -0.05) is 6.92 Å². The molecule has 0 bridgehead atoms. The molecule has 0 aliphatic heterocycles. The maximum atomic E-state index is 10.2. The van der Waals surface area contributed by atoms with Crippen LogP contribution in [0.2, 0.25) is 0 Å². The van der Waals surface area contributed by atoms with Crippen molar-refractivity contribution in [3.8, 4) is 0 Å². The summed E-state index contributed by atoms with van der Waals surface area (Å²) in [4.78, 5) is 10.2. The van der Waals surface area contributed by atoms with Crippen LogP contribution in [0.15, 0.2) is 0 Å². The molecule has 11 heavy (non-hydrogen) atoms. The number of hydrogen-bond donors (Lipinski definition) is 3. The van der Waals surface area contributed by atoms with E-state index < -0.39 is 12.0 Å². The predicted molar refractivity (Wildman–Crippen MR) is 45.7 cm³/mol. The minimum absolute atomic E-state index is 0. The number of carboxylic acids is 1. The predicted octanol–water partition coefficient (Wildman–Crippen LogP) is -0.195. The molecule has 0 aliphatic rings. The molecule has 68 valence electrons. The summed E-state index contributed by atoms with van der Waals surface area (Å²) in [5.41, 5.74) is 10.5. The van der Waals surface area contributed by atoms with Crippen LogP contribution in [0.3, 0.4) is 0 Å². The Labute approximate surface area is 72.4 Å². The molecule has 0 aliphatic carbocycles. The molecule has 0 aromatic heterocycles. The van der Waals surface area contributed by atoms with Crippen molar-refractivity contribution in [1.29, 1.82) is 0 Å². The molecule has 0 aromatic carbocycles. The molecule has 0 spiro atoms.